The third-order valence-electron chi connectivity index (χ3n) is 3.87. The van der Waals surface area contributed by atoms with Crippen molar-refractivity contribution in [3.63, 3.8) is 0 Å². The van der Waals surface area contributed by atoms with Crippen molar-refractivity contribution in [2.24, 2.45) is 16.6 Å². The van der Waals surface area contributed by atoms with Gasteiger partial charge in [0.15, 0.2) is 5.17 Å². The molecule has 0 aromatic heterocycles. The van der Waals surface area contributed by atoms with Crippen LogP contribution in [0.4, 0.5) is 4.39 Å². The molecule has 0 radical (unpaired) electrons. The van der Waals surface area contributed by atoms with Gasteiger partial charge in [0.05, 0.1) is 5.54 Å². The van der Waals surface area contributed by atoms with Crippen molar-refractivity contribution in [3.8, 4) is 0 Å². The molecule has 2 N–H and O–H groups in total. The maximum Gasteiger partial charge on any atom is 0.154 e. The van der Waals surface area contributed by atoms with Crippen LogP contribution >= 0.6 is 11.8 Å². The Kier molecular flexibility index (Phi) is 2.62. The van der Waals surface area contributed by atoms with Gasteiger partial charge in [0.1, 0.15) is 5.82 Å². The molecule has 0 spiro atoms. The first-order valence-electron chi connectivity index (χ1n) is 5.95. The lowest BCUT2D eigenvalue weighted by atomic mass is 9.81. The van der Waals surface area contributed by atoms with Gasteiger partial charge >= 0.3 is 0 Å². The predicted molar refractivity (Wildman–Crippen MR) is 69.5 cm³/mol. The quantitative estimate of drug-likeness (QED) is 0.832. The molecule has 3 rings (SSSR count). The van der Waals surface area contributed by atoms with Crippen LogP contribution in [0.5, 0.6) is 0 Å². The molecule has 0 bridgehead atoms. The van der Waals surface area contributed by atoms with Crippen molar-refractivity contribution in [1.82, 2.24) is 0 Å². The van der Waals surface area contributed by atoms with Crippen molar-refractivity contribution < 1.29 is 4.39 Å². The molecular weight excluding hydrogens is 235 g/mol. The molecule has 4 heteroatoms. The molecule has 0 saturated heterocycles. The summed E-state index contributed by atoms with van der Waals surface area (Å²) in [6, 6.07) is 6.99. The molecule has 2 unspecified atom stereocenters. The van der Waals surface area contributed by atoms with Gasteiger partial charge in [-0.25, -0.2) is 4.39 Å². The Morgan fingerprint density at radius 3 is 3.06 bits per heavy atom. The highest BCUT2D eigenvalue weighted by atomic mass is 32.2. The van der Waals surface area contributed by atoms with Gasteiger partial charge in [0.2, 0.25) is 0 Å². The van der Waals surface area contributed by atoms with Crippen molar-refractivity contribution in [2.75, 3.05) is 5.75 Å². The van der Waals surface area contributed by atoms with Crippen LogP contribution in [0.25, 0.3) is 0 Å². The molecule has 2 nitrogen and oxygen atoms in total. The molecule has 17 heavy (non-hydrogen) atoms. The summed E-state index contributed by atoms with van der Waals surface area (Å²) in [4.78, 5) is 4.62. The van der Waals surface area contributed by atoms with Crippen LogP contribution in [0, 0.1) is 11.7 Å². The molecule has 1 aliphatic carbocycles. The smallest absolute Gasteiger partial charge is 0.154 e. The summed E-state index contributed by atoms with van der Waals surface area (Å²) in [6.07, 6.45) is 3.15. The number of thioether (sulfide) groups is 1. The fraction of sp³-hybridized carbons (Fsp3) is 0.462. The lowest BCUT2D eigenvalue weighted by molar-refractivity contribution is 0.341. The van der Waals surface area contributed by atoms with E-state index < -0.39 is 0 Å². The minimum atomic E-state index is -0.388. The van der Waals surface area contributed by atoms with Crippen molar-refractivity contribution >= 4 is 16.9 Å². The van der Waals surface area contributed by atoms with E-state index in [0.717, 1.165) is 30.6 Å². The van der Waals surface area contributed by atoms with Gasteiger partial charge in [0, 0.05) is 11.3 Å². The SMILES string of the molecule is NC1=NC2(c3ccccc3F)CCCC2CS1. The van der Waals surface area contributed by atoms with Crippen LogP contribution in [-0.2, 0) is 5.54 Å². The fourth-order valence-corrected chi connectivity index (χ4v) is 4.11. The van der Waals surface area contributed by atoms with Crippen LogP contribution in [0.2, 0.25) is 0 Å². The number of fused-ring (bicyclic) bond motifs is 1. The monoisotopic (exact) mass is 250 g/mol. The number of nitrogens with two attached hydrogens (primary N) is 1. The molecule has 1 aliphatic heterocycles. The standard InChI is InChI=1S/C13H15FN2S/c14-11-6-2-1-5-10(11)13-7-3-4-9(13)8-17-12(15)16-13/h1-2,5-6,9H,3-4,7-8H2,(H2,15,16). The molecular formula is C13H15FN2S. The summed E-state index contributed by atoms with van der Waals surface area (Å²) in [5.41, 5.74) is 6.19. The Bertz CT molecular complexity index is 474. The number of hydrogen-bond acceptors (Lipinski definition) is 3. The zero-order chi connectivity index (χ0) is 11.9. The van der Waals surface area contributed by atoms with Gasteiger partial charge < -0.3 is 5.73 Å². The Morgan fingerprint density at radius 1 is 1.41 bits per heavy atom. The summed E-state index contributed by atoms with van der Waals surface area (Å²) < 4.78 is 14.0. The molecule has 1 aromatic carbocycles. The zero-order valence-electron chi connectivity index (χ0n) is 9.53. The van der Waals surface area contributed by atoms with Gasteiger partial charge in [0.25, 0.3) is 0 Å². The maximum atomic E-state index is 14.0. The van der Waals surface area contributed by atoms with E-state index in [1.807, 2.05) is 12.1 Å². The van der Waals surface area contributed by atoms with Crippen LogP contribution in [-0.4, -0.2) is 10.9 Å². The molecule has 2 atom stereocenters. The van der Waals surface area contributed by atoms with E-state index in [2.05, 4.69) is 4.99 Å². The minimum absolute atomic E-state index is 0.150. The first-order valence-corrected chi connectivity index (χ1v) is 6.94. The van der Waals surface area contributed by atoms with Gasteiger partial charge in [-0.05, 0) is 24.8 Å². The first-order chi connectivity index (χ1) is 8.22. The molecule has 1 saturated carbocycles. The highest BCUT2D eigenvalue weighted by Gasteiger charge is 2.47. The Hall–Kier alpha value is -1.03. The van der Waals surface area contributed by atoms with Crippen LogP contribution < -0.4 is 5.73 Å². The number of nitrogens with zero attached hydrogens (tertiary/aromatic N) is 1. The highest BCUT2D eigenvalue weighted by Crippen LogP contribution is 2.51. The third kappa shape index (κ3) is 1.66. The first kappa shape index (κ1) is 11.1. The molecule has 1 heterocycles. The number of benzene rings is 1. The van der Waals surface area contributed by atoms with E-state index in [-0.39, 0.29) is 11.4 Å². The van der Waals surface area contributed by atoms with Crippen molar-refractivity contribution in [2.45, 2.75) is 24.8 Å². The van der Waals surface area contributed by atoms with Crippen LogP contribution in [0.15, 0.2) is 29.3 Å². The van der Waals surface area contributed by atoms with Crippen molar-refractivity contribution in [1.29, 1.82) is 0 Å². The largest absolute Gasteiger partial charge is 0.379 e. The van der Waals surface area contributed by atoms with Gasteiger partial charge in [-0.2, -0.15) is 0 Å². The summed E-state index contributed by atoms with van der Waals surface area (Å²) in [5.74, 6) is 1.24. The van der Waals surface area contributed by atoms with E-state index in [1.54, 1.807) is 17.8 Å². The van der Waals surface area contributed by atoms with Gasteiger partial charge in [-0.15, -0.1) is 0 Å². The number of hydrogen-bond donors (Lipinski definition) is 1. The highest BCUT2D eigenvalue weighted by molar-refractivity contribution is 8.13. The van der Waals surface area contributed by atoms with Gasteiger partial charge in [-0.1, -0.05) is 36.4 Å². The number of halogens is 1. The number of amidine groups is 1. The second kappa shape index (κ2) is 4.02. The lowest BCUT2D eigenvalue weighted by Crippen LogP contribution is -2.37. The summed E-state index contributed by atoms with van der Waals surface area (Å²) in [7, 11) is 0. The van der Waals surface area contributed by atoms with E-state index >= 15 is 0 Å². The third-order valence-corrected chi connectivity index (χ3v) is 4.82. The fourth-order valence-electron chi connectivity index (χ4n) is 3.07. The Morgan fingerprint density at radius 2 is 2.24 bits per heavy atom. The van der Waals surface area contributed by atoms with Crippen LogP contribution in [0.1, 0.15) is 24.8 Å². The molecule has 90 valence electrons. The van der Waals surface area contributed by atoms with E-state index in [9.17, 15) is 4.39 Å². The van der Waals surface area contributed by atoms with E-state index in [1.165, 1.54) is 6.07 Å². The average molecular weight is 250 g/mol. The molecule has 1 fully saturated rings. The Labute approximate surface area is 104 Å². The van der Waals surface area contributed by atoms with E-state index in [4.69, 9.17) is 5.73 Å². The van der Waals surface area contributed by atoms with E-state index in [0.29, 0.717) is 11.1 Å². The zero-order valence-corrected chi connectivity index (χ0v) is 10.3. The topological polar surface area (TPSA) is 38.4 Å². The summed E-state index contributed by atoms with van der Waals surface area (Å²) in [6.45, 7) is 0. The normalized spacial score (nSPS) is 32.1. The maximum absolute atomic E-state index is 14.0. The lowest BCUT2D eigenvalue weighted by Gasteiger charge is -2.36. The second-order valence-corrected chi connectivity index (χ2v) is 5.79. The van der Waals surface area contributed by atoms with Gasteiger partial charge in [-0.3, -0.25) is 4.99 Å². The summed E-state index contributed by atoms with van der Waals surface area (Å²) in [5, 5.41) is 0.603. The number of aliphatic imine (C=N–C) groups is 1. The molecule has 1 aromatic rings. The molecule has 2 aliphatic rings. The number of rotatable bonds is 1. The van der Waals surface area contributed by atoms with Crippen molar-refractivity contribution in [3.05, 3.63) is 35.6 Å². The molecule has 0 amide bonds. The Balaban J connectivity index is 2.15. The average Bonchev–Trinajstić information content (AvgIpc) is 2.73. The minimum Gasteiger partial charge on any atom is -0.379 e. The van der Waals surface area contributed by atoms with Crippen LogP contribution in [0.3, 0.4) is 0 Å². The second-order valence-electron chi connectivity index (χ2n) is 4.75. The predicted octanol–water partition coefficient (Wildman–Crippen LogP) is 2.88. The summed E-state index contributed by atoms with van der Waals surface area (Å²) >= 11 is 1.60.